The Bertz CT molecular complexity index is 420. The number of aromatic nitrogens is 3. The van der Waals surface area contributed by atoms with Gasteiger partial charge in [-0.15, -0.1) is 0 Å². The maximum absolute atomic E-state index is 8.86. The van der Waals surface area contributed by atoms with Gasteiger partial charge in [0.05, 0.1) is 24.2 Å². The van der Waals surface area contributed by atoms with Crippen molar-refractivity contribution in [1.29, 1.82) is 0 Å². The average molecular weight is 177 g/mol. The first-order valence-corrected chi connectivity index (χ1v) is 4.28. The molecule has 0 aliphatic heterocycles. The van der Waals surface area contributed by atoms with Crippen molar-refractivity contribution in [2.75, 3.05) is 0 Å². The van der Waals surface area contributed by atoms with Gasteiger partial charge in [-0.2, -0.15) is 5.10 Å². The van der Waals surface area contributed by atoms with Crippen LogP contribution in [0.3, 0.4) is 0 Å². The number of aliphatic hydroxyl groups is 1. The van der Waals surface area contributed by atoms with Crippen LogP contribution in [0, 0.1) is 0 Å². The third-order valence-electron chi connectivity index (χ3n) is 1.95. The molecule has 0 spiro atoms. The normalized spacial score (nSPS) is 10.9. The summed E-state index contributed by atoms with van der Waals surface area (Å²) in [5.41, 5.74) is 2.45. The lowest BCUT2D eigenvalue weighted by molar-refractivity contribution is 0.277. The van der Waals surface area contributed by atoms with Crippen LogP contribution in [0.5, 0.6) is 0 Å². The van der Waals surface area contributed by atoms with Crippen molar-refractivity contribution < 1.29 is 5.11 Å². The van der Waals surface area contributed by atoms with Gasteiger partial charge in [0.15, 0.2) is 5.65 Å². The number of aliphatic hydroxyl groups excluding tert-OH is 1. The molecule has 0 saturated heterocycles. The van der Waals surface area contributed by atoms with E-state index in [2.05, 4.69) is 17.0 Å². The molecule has 2 heterocycles. The summed E-state index contributed by atoms with van der Waals surface area (Å²) in [4.78, 5) is 4.16. The Morgan fingerprint density at radius 2 is 2.23 bits per heavy atom. The molecule has 4 nitrogen and oxygen atoms in total. The van der Waals surface area contributed by atoms with Crippen LogP contribution in [0.4, 0.5) is 0 Å². The molecule has 4 heteroatoms. The lowest BCUT2D eigenvalue weighted by Crippen LogP contribution is -1.94. The molecular weight excluding hydrogens is 166 g/mol. The van der Waals surface area contributed by atoms with E-state index in [1.165, 1.54) is 0 Å². The number of rotatable bonds is 2. The molecule has 0 bridgehead atoms. The fourth-order valence-electron chi connectivity index (χ4n) is 1.24. The van der Waals surface area contributed by atoms with Gasteiger partial charge < -0.3 is 5.11 Å². The highest BCUT2D eigenvalue weighted by Crippen LogP contribution is 2.04. The molecule has 0 amide bonds. The van der Waals surface area contributed by atoms with Crippen LogP contribution in [0.1, 0.15) is 18.3 Å². The van der Waals surface area contributed by atoms with Gasteiger partial charge in [0.25, 0.3) is 0 Å². The summed E-state index contributed by atoms with van der Waals surface area (Å²) >= 11 is 0. The van der Waals surface area contributed by atoms with E-state index in [0.717, 1.165) is 17.8 Å². The molecule has 0 atom stereocenters. The Balaban J connectivity index is 2.57. The van der Waals surface area contributed by atoms with E-state index in [4.69, 9.17) is 5.11 Å². The topological polar surface area (TPSA) is 50.4 Å². The van der Waals surface area contributed by atoms with Crippen LogP contribution in [-0.4, -0.2) is 19.7 Å². The summed E-state index contributed by atoms with van der Waals surface area (Å²) in [7, 11) is 0. The van der Waals surface area contributed by atoms with E-state index < -0.39 is 0 Å². The van der Waals surface area contributed by atoms with Gasteiger partial charge in [-0.3, -0.25) is 0 Å². The molecule has 2 aromatic rings. The highest BCUT2D eigenvalue weighted by molar-refractivity contribution is 5.38. The molecule has 68 valence electrons. The molecule has 2 aromatic heterocycles. The highest BCUT2D eigenvalue weighted by atomic mass is 16.3. The van der Waals surface area contributed by atoms with Crippen LogP contribution in [-0.2, 0) is 13.0 Å². The Labute approximate surface area is 75.8 Å². The summed E-state index contributed by atoms with van der Waals surface area (Å²) < 4.78 is 1.70. The van der Waals surface area contributed by atoms with Gasteiger partial charge in [-0.05, 0) is 18.6 Å². The van der Waals surface area contributed by atoms with E-state index in [1.807, 2.05) is 12.1 Å². The van der Waals surface area contributed by atoms with Crippen molar-refractivity contribution in [1.82, 2.24) is 14.6 Å². The molecule has 0 unspecified atom stereocenters. The molecule has 1 N–H and O–H groups in total. The number of aryl methyl sites for hydroxylation is 1. The lowest BCUT2D eigenvalue weighted by atomic mass is 10.3. The number of imidazole rings is 1. The minimum absolute atomic E-state index is 0.0369. The standard InChI is InChI=1S/C9H11N3O/c1-2-7-3-4-9-10-8(6-13)5-12(9)11-7/h3-5,13H,2,6H2,1H3. The van der Waals surface area contributed by atoms with E-state index in [9.17, 15) is 0 Å². The SMILES string of the molecule is CCc1ccc2nc(CO)cn2n1. The number of fused-ring (bicyclic) bond motifs is 1. The van der Waals surface area contributed by atoms with Gasteiger partial charge in [0.1, 0.15) is 0 Å². The molecule has 2 rings (SSSR count). The third-order valence-corrected chi connectivity index (χ3v) is 1.95. The molecule has 0 aliphatic carbocycles. The number of hydrogen-bond acceptors (Lipinski definition) is 3. The minimum Gasteiger partial charge on any atom is -0.390 e. The maximum Gasteiger partial charge on any atom is 0.153 e. The molecule has 13 heavy (non-hydrogen) atoms. The van der Waals surface area contributed by atoms with Gasteiger partial charge in [-0.25, -0.2) is 9.50 Å². The van der Waals surface area contributed by atoms with Gasteiger partial charge in [0.2, 0.25) is 0 Å². The third kappa shape index (κ3) is 1.40. The second-order valence-corrected chi connectivity index (χ2v) is 2.87. The maximum atomic E-state index is 8.86. The zero-order chi connectivity index (χ0) is 9.26. The van der Waals surface area contributed by atoms with Crippen LogP contribution in [0.2, 0.25) is 0 Å². The van der Waals surface area contributed by atoms with Gasteiger partial charge >= 0.3 is 0 Å². The summed E-state index contributed by atoms with van der Waals surface area (Å²) in [6.45, 7) is 2.02. The fourth-order valence-corrected chi connectivity index (χ4v) is 1.24. The van der Waals surface area contributed by atoms with Crippen molar-refractivity contribution in [2.45, 2.75) is 20.0 Å². The summed E-state index contributed by atoms with van der Waals surface area (Å²) in [6.07, 6.45) is 2.65. The first kappa shape index (κ1) is 8.19. The predicted octanol–water partition coefficient (Wildman–Crippen LogP) is 0.784. The average Bonchev–Trinajstić information content (AvgIpc) is 2.58. The molecule has 0 fully saturated rings. The highest BCUT2D eigenvalue weighted by Gasteiger charge is 2.01. The molecule has 0 aliphatic rings. The molecule has 0 aromatic carbocycles. The van der Waals surface area contributed by atoms with E-state index in [0.29, 0.717) is 5.69 Å². The Hall–Kier alpha value is -1.42. The van der Waals surface area contributed by atoms with Crippen LogP contribution in [0.25, 0.3) is 5.65 Å². The quantitative estimate of drug-likeness (QED) is 0.737. The smallest absolute Gasteiger partial charge is 0.153 e. The van der Waals surface area contributed by atoms with Crippen molar-refractivity contribution in [3.05, 3.63) is 29.7 Å². The van der Waals surface area contributed by atoms with E-state index in [-0.39, 0.29) is 6.61 Å². The van der Waals surface area contributed by atoms with Crippen molar-refractivity contribution in [3.8, 4) is 0 Å². The van der Waals surface area contributed by atoms with Gasteiger partial charge in [0, 0.05) is 0 Å². The molecular formula is C9H11N3O. The number of hydrogen-bond donors (Lipinski definition) is 1. The zero-order valence-corrected chi connectivity index (χ0v) is 7.44. The summed E-state index contributed by atoms with van der Waals surface area (Å²) in [6, 6.07) is 3.86. The largest absolute Gasteiger partial charge is 0.390 e. The van der Waals surface area contributed by atoms with E-state index in [1.54, 1.807) is 10.7 Å². The number of nitrogens with zero attached hydrogens (tertiary/aromatic N) is 3. The summed E-state index contributed by atoms with van der Waals surface area (Å²) in [5.74, 6) is 0. The van der Waals surface area contributed by atoms with Crippen LogP contribution >= 0.6 is 0 Å². The first-order valence-electron chi connectivity index (χ1n) is 4.28. The minimum atomic E-state index is -0.0369. The van der Waals surface area contributed by atoms with Crippen molar-refractivity contribution >= 4 is 5.65 Å². The molecule has 0 saturated carbocycles. The van der Waals surface area contributed by atoms with E-state index >= 15 is 0 Å². The Morgan fingerprint density at radius 1 is 1.38 bits per heavy atom. The molecule has 0 radical (unpaired) electrons. The van der Waals surface area contributed by atoms with Crippen molar-refractivity contribution in [3.63, 3.8) is 0 Å². The Morgan fingerprint density at radius 3 is 2.92 bits per heavy atom. The monoisotopic (exact) mass is 177 g/mol. The lowest BCUT2D eigenvalue weighted by Gasteiger charge is -1.95. The van der Waals surface area contributed by atoms with Crippen LogP contribution in [0.15, 0.2) is 18.3 Å². The predicted molar refractivity (Wildman–Crippen MR) is 48.3 cm³/mol. The van der Waals surface area contributed by atoms with Crippen LogP contribution < -0.4 is 0 Å². The zero-order valence-electron chi connectivity index (χ0n) is 7.44. The fraction of sp³-hybridized carbons (Fsp3) is 0.333. The Kier molecular flexibility index (Phi) is 1.98. The summed E-state index contributed by atoms with van der Waals surface area (Å²) in [5, 5.41) is 13.2. The second kappa shape index (κ2) is 3.14. The second-order valence-electron chi connectivity index (χ2n) is 2.87. The van der Waals surface area contributed by atoms with Gasteiger partial charge in [-0.1, -0.05) is 6.92 Å². The van der Waals surface area contributed by atoms with Crippen molar-refractivity contribution in [2.24, 2.45) is 0 Å². The first-order chi connectivity index (χ1) is 6.33.